The monoisotopic (exact) mass is 278 g/mol. The predicted octanol–water partition coefficient (Wildman–Crippen LogP) is 2.07. The first-order valence-corrected chi connectivity index (χ1v) is 7.54. The second kappa shape index (κ2) is 8.25. The molecule has 20 heavy (non-hydrogen) atoms. The van der Waals surface area contributed by atoms with Crippen molar-refractivity contribution < 1.29 is 9.47 Å². The Morgan fingerprint density at radius 2 is 2.15 bits per heavy atom. The summed E-state index contributed by atoms with van der Waals surface area (Å²) in [6, 6.07) is 8.60. The predicted molar refractivity (Wildman–Crippen MR) is 81.3 cm³/mol. The van der Waals surface area contributed by atoms with Crippen LogP contribution >= 0.6 is 0 Å². The molecule has 0 amide bonds. The van der Waals surface area contributed by atoms with E-state index in [-0.39, 0.29) is 6.04 Å². The fourth-order valence-electron chi connectivity index (χ4n) is 2.64. The maximum atomic E-state index is 5.75. The van der Waals surface area contributed by atoms with Gasteiger partial charge in [-0.3, -0.25) is 4.90 Å². The third-order valence-corrected chi connectivity index (χ3v) is 3.70. The van der Waals surface area contributed by atoms with Gasteiger partial charge in [-0.2, -0.15) is 0 Å². The summed E-state index contributed by atoms with van der Waals surface area (Å²) < 4.78 is 11.3. The van der Waals surface area contributed by atoms with Crippen LogP contribution in [0, 0.1) is 0 Å². The van der Waals surface area contributed by atoms with Crippen molar-refractivity contribution in [3.05, 3.63) is 29.8 Å². The molecule has 0 spiro atoms. The first-order chi connectivity index (χ1) is 9.85. The fourth-order valence-corrected chi connectivity index (χ4v) is 2.64. The summed E-state index contributed by atoms with van der Waals surface area (Å²) >= 11 is 0. The Bertz CT molecular complexity index is 390. The van der Waals surface area contributed by atoms with E-state index in [1.54, 1.807) is 0 Å². The van der Waals surface area contributed by atoms with E-state index in [1.807, 2.05) is 20.0 Å². The molecule has 1 aromatic carbocycles. The summed E-state index contributed by atoms with van der Waals surface area (Å²) in [6.07, 6.45) is 1.11. The third kappa shape index (κ3) is 4.20. The van der Waals surface area contributed by atoms with Gasteiger partial charge in [0.15, 0.2) is 0 Å². The number of hydrogen-bond acceptors (Lipinski definition) is 4. The van der Waals surface area contributed by atoms with Crippen LogP contribution in [-0.2, 0) is 4.74 Å². The number of ether oxygens (including phenoxy) is 2. The Labute approximate surface area is 122 Å². The minimum atomic E-state index is 0.288. The molecule has 1 unspecified atom stereocenters. The highest BCUT2D eigenvalue weighted by Gasteiger charge is 2.18. The van der Waals surface area contributed by atoms with Gasteiger partial charge in [0, 0.05) is 37.8 Å². The zero-order valence-electron chi connectivity index (χ0n) is 12.6. The van der Waals surface area contributed by atoms with E-state index < -0.39 is 0 Å². The molecule has 1 aliphatic heterocycles. The SMILES string of the molecule is CCOc1ccccc1C(CN1CCCOCC1)NC. The van der Waals surface area contributed by atoms with Gasteiger partial charge in [0.2, 0.25) is 0 Å². The second-order valence-electron chi connectivity index (χ2n) is 5.08. The molecule has 0 aromatic heterocycles. The molecule has 0 bridgehead atoms. The van der Waals surface area contributed by atoms with E-state index in [4.69, 9.17) is 9.47 Å². The lowest BCUT2D eigenvalue weighted by Crippen LogP contribution is -2.35. The molecule has 2 rings (SSSR count). The van der Waals surface area contributed by atoms with E-state index in [1.165, 1.54) is 5.56 Å². The Hall–Kier alpha value is -1.10. The number of likely N-dealkylation sites (N-methyl/N-ethyl adjacent to an activating group) is 1. The summed E-state index contributed by atoms with van der Waals surface area (Å²) in [6.45, 7) is 7.55. The van der Waals surface area contributed by atoms with Crippen molar-refractivity contribution in [2.75, 3.05) is 46.5 Å². The molecule has 0 aliphatic carbocycles. The average Bonchev–Trinajstić information content (AvgIpc) is 2.74. The molecule has 1 heterocycles. The lowest BCUT2D eigenvalue weighted by atomic mass is 10.0. The van der Waals surface area contributed by atoms with Crippen molar-refractivity contribution in [2.45, 2.75) is 19.4 Å². The maximum Gasteiger partial charge on any atom is 0.124 e. The topological polar surface area (TPSA) is 33.7 Å². The number of rotatable bonds is 6. The minimum absolute atomic E-state index is 0.288. The number of hydrogen-bond donors (Lipinski definition) is 1. The third-order valence-electron chi connectivity index (χ3n) is 3.70. The van der Waals surface area contributed by atoms with Crippen molar-refractivity contribution >= 4 is 0 Å². The fraction of sp³-hybridized carbons (Fsp3) is 0.625. The number of nitrogens with one attached hydrogen (secondary N) is 1. The van der Waals surface area contributed by atoms with Gasteiger partial charge in [0.1, 0.15) is 5.75 Å². The van der Waals surface area contributed by atoms with Crippen molar-refractivity contribution in [1.29, 1.82) is 0 Å². The van der Waals surface area contributed by atoms with Crippen LogP contribution in [0.3, 0.4) is 0 Å². The first kappa shape index (κ1) is 15.3. The van der Waals surface area contributed by atoms with Gasteiger partial charge in [0.05, 0.1) is 13.2 Å². The van der Waals surface area contributed by atoms with E-state index in [2.05, 4.69) is 28.4 Å². The van der Waals surface area contributed by atoms with Crippen molar-refractivity contribution in [1.82, 2.24) is 10.2 Å². The van der Waals surface area contributed by atoms with Gasteiger partial charge < -0.3 is 14.8 Å². The highest BCUT2D eigenvalue weighted by molar-refractivity contribution is 5.36. The van der Waals surface area contributed by atoms with Gasteiger partial charge in [-0.1, -0.05) is 18.2 Å². The zero-order valence-corrected chi connectivity index (χ0v) is 12.6. The summed E-state index contributed by atoms with van der Waals surface area (Å²) in [5.74, 6) is 0.987. The first-order valence-electron chi connectivity index (χ1n) is 7.54. The molecular weight excluding hydrogens is 252 g/mol. The van der Waals surface area contributed by atoms with Crippen LogP contribution in [0.1, 0.15) is 24.9 Å². The largest absolute Gasteiger partial charge is 0.494 e. The average molecular weight is 278 g/mol. The summed E-state index contributed by atoms with van der Waals surface area (Å²) in [7, 11) is 2.02. The highest BCUT2D eigenvalue weighted by atomic mass is 16.5. The molecular formula is C16H26N2O2. The molecule has 1 aromatic rings. The van der Waals surface area contributed by atoms with Crippen LogP contribution in [0.15, 0.2) is 24.3 Å². The zero-order chi connectivity index (χ0) is 14.2. The number of nitrogens with zero attached hydrogens (tertiary/aromatic N) is 1. The van der Waals surface area contributed by atoms with Crippen LogP contribution in [0.25, 0.3) is 0 Å². The molecule has 1 aliphatic rings. The van der Waals surface area contributed by atoms with Gasteiger partial charge in [0.25, 0.3) is 0 Å². The highest BCUT2D eigenvalue weighted by Crippen LogP contribution is 2.25. The number of para-hydroxylation sites is 1. The molecule has 112 valence electrons. The van der Waals surface area contributed by atoms with Crippen molar-refractivity contribution in [3.8, 4) is 5.75 Å². The maximum absolute atomic E-state index is 5.75. The van der Waals surface area contributed by atoms with Gasteiger partial charge >= 0.3 is 0 Å². The molecule has 1 fully saturated rings. The van der Waals surface area contributed by atoms with Crippen molar-refractivity contribution in [2.24, 2.45) is 0 Å². The summed E-state index contributed by atoms with van der Waals surface area (Å²) in [5, 5.41) is 3.42. The number of benzene rings is 1. The lowest BCUT2D eigenvalue weighted by Gasteiger charge is -2.27. The van der Waals surface area contributed by atoms with Crippen molar-refractivity contribution in [3.63, 3.8) is 0 Å². The normalized spacial score (nSPS) is 18.5. The van der Waals surface area contributed by atoms with Gasteiger partial charge in [-0.05, 0) is 26.5 Å². The van der Waals surface area contributed by atoms with E-state index in [9.17, 15) is 0 Å². The van der Waals surface area contributed by atoms with Crippen LogP contribution in [0.2, 0.25) is 0 Å². The Morgan fingerprint density at radius 1 is 1.30 bits per heavy atom. The van der Waals surface area contributed by atoms with Crippen LogP contribution in [0.4, 0.5) is 0 Å². The molecule has 0 saturated carbocycles. The molecule has 4 heteroatoms. The Kier molecular flexibility index (Phi) is 6.30. The molecule has 1 saturated heterocycles. The Balaban J connectivity index is 2.06. The molecule has 4 nitrogen and oxygen atoms in total. The smallest absolute Gasteiger partial charge is 0.124 e. The van der Waals surface area contributed by atoms with Crippen LogP contribution in [-0.4, -0.2) is 51.4 Å². The molecule has 1 N–H and O–H groups in total. The quantitative estimate of drug-likeness (QED) is 0.864. The van der Waals surface area contributed by atoms with Gasteiger partial charge in [-0.15, -0.1) is 0 Å². The molecule has 1 atom stereocenters. The summed E-state index contributed by atoms with van der Waals surface area (Å²) in [4.78, 5) is 2.47. The standard InChI is InChI=1S/C16H26N2O2/c1-3-20-16-8-5-4-7-14(16)15(17-2)13-18-9-6-11-19-12-10-18/h4-5,7-8,15,17H,3,6,9-13H2,1-2H3. The van der Waals surface area contributed by atoms with E-state index in [0.717, 1.165) is 45.0 Å². The lowest BCUT2D eigenvalue weighted by molar-refractivity contribution is 0.139. The summed E-state index contributed by atoms with van der Waals surface area (Å²) in [5.41, 5.74) is 1.24. The van der Waals surface area contributed by atoms with Crippen LogP contribution < -0.4 is 10.1 Å². The minimum Gasteiger partial charge on any atom is -0.494 e. The van der Waals surface area contributed by atoms with Gasteiger partial charge in [-0.25, -0.2) is 0 Å². The Morgan fingerprint density at radius 3 is 2.95 bits per heavy atom. The van der Waals surface area contributed by atoms with Crippen LogP contribution in [0.5, 0.6) is 5.75 Å². The van der Waals surface area contributed by atoms with E-state index in [0.29, 0.717) is 6.61 Å². The van der Waals surface area contributed by atoms with E-state index >= 15 is 0 Å². The second-order valence-corrected chi connectivity index (χ2v) is 5.08. The molecule has 0 radical (unpaired) electrons.